The molecule has 3 aromatic heterocycles. The number of esters is 1. The van der Waals surface area contributed by atoms with Crippen molar-refractivity contribution < 1.29 is 9.53 Å². The maximum atomic E-state index is 12.3. The Morgan fingerprint density at radius 1 is 1.31 bits per heavy atom. The van der Waals surface area contributed by atoms with Crippen LogP contribution in [0.25, 0.3) is 33.1 Å². The third-order valence-corrected chi connectivity index (χ3v) is 4.11. The second-order valence-electron chi connectivity index (χ2n) is 5.69. The van der Waals surface area contributed by atoms with Gasteiger partial charge in [0.05, 0.1) is 17.9 Å². The summed E-state index contributed by atoms with van der Waals surface area (Å²) in [5, 5.41) is 1.23. The summed E-state index contributed by atoms with van der Waals surface area (Å²) in [5.41, 5.74) is 8.04. The van der Waals surface area contributed by atoms with Crippen LogP contribution in [0.2, 0.25) is 0 Å². The lowest BCUT2D eigenvalue weighted by atomic mass is 10.0. The van der Waals surface area contributed by atoms with Crippen molar-refractivity contribution in [2.45, 2.75) is 6.92 Å². The molecule has 0 atom stereocenters. The molecule has 0 bridgehead atoms. The maximum absolute atomic E-state index is 12.3. The second kappa shape index (κ2) is 5.99. The average Bonchev–Trinajstić information content (AvgIpc) is 3.08. The lowest BCUT2D eigenvalue weighted by molar-refractivity contribution is 0.0529. The molecule has 8 heteroatoms. The monoisotopic (exact) mass is 349 g/mol. The van der Waals surface area contributed by atoms with Gasteiger partial charge in [0.1, 0.15) is 5.52 Å². The highest BCUT2D eigenvalue weighted by Gasteiger charge is 2.18. The Kier molecular flexibility index (Phi) is 3.65. The molecule has 0 unspecified atom stereocenters. The number of fused-ring (bicyclic) bond motifs is 3. The number of pyridine rings is 1. The van der Waals surface area contributed by atoms with Gasteiger partial charge >= 0.3 is 5.97 Å². The zero-order valence-corrected chi connectivity index (χ0v) is 13.9. The van der Waals surface area contributed by atoms with Gasteiger partial charge in [-0.2, -0.15) is 0 Å². The molecule has 4 aromatic rings. The average molecular weight is 349 g/mol. The van der Waals surface area contributed by atoms with Gasteiger partial charge in [-0.15, -0.1) is 0 Å². The predicted octanol–water partition coefficient (Wildman–Crippen LogP) is 2.23. The first-order valence-electron chi connectivity index (χ1n) is 8.01. The second-order valence-corrected chi connectivity index (χ2v) is 5.69. The Morgan fingerprint density at radius 3 is 2.92 bits per heavy atom. The summed E-state index contributed by atoms with van der Waals surface area (Å²) in [4.78, 5) is 38.4. The van der Waals surface area contributed by atoms with E-state index >= 15 is 0 Å². The summed E-state index contributed by atoms with van der Waals surface area (Å²) in [7, 11) is 0. The number of benzene rings is 1. The van der Waals surface area contributed by atoms with Crippen LogP contribution in [0, 0.1) is 0 Å². The van der Waals surface area contributed by atoms with Gasteiger partial charge in [0.2, 0.25) is 5.95 Å². The zero-order valence-electron chi connectivity index (χ0n) is 13.9. The van der Waals surface area contributed by atoms with Crippen LogP contribution in [0.4, 0.5) is 5.95 Å². The summed E-state index contributed by atoms with van der Waals surface area (Å²) in [6.07, 6.45) is 3.07. The van der Waals surface area contributed by atoms with Crippen molar-refractivity contribution in [3.8, 4) is 11.3 Å². The fourth-order valence-electron chi connectivity index (χ4n) is 2.99. The molecule has 1 aromatic carbocycles. The quantitative estimate of drug-likeness (QED) is 0.487. The number of anilines is 1. The molecule has 0 radical (unpaired) electrons. The Morgan fingerprint density at radius 2 is 2.15 bits per heavy atom. The van der Waals surface area contributed by atoms with Crippen molar-refractivity contribution in [3.63, 3.8) is 0 Å². The molecular formula is C18H15N5O3. The highest BCUT2D eigenvalue weighted by molar-refractivity contribution is 6.15. The van der Waals surface area contributed by atoms with Crippen LogP contribution in [-0.4, -0.2) is 32.5 Å². The van der Waals surface area contributed by atoms with Gasteiger partial charge in [0.15, 0.2) is 0 Å². The van der Waals surface area contributed by atoms with Crippen molar-refractivity contribution in [1.29, 1.82) is 0 Å². The van der Waals surface area contributed by atoms with E-state index in [0.717, 1.165) is 5.56 Å². The van der Waals surface area contributed by atoms with Crippen molar-refractivity contribution in [2.24, 2.45) is 0 Å². The number of rotatable bonds is 3. The van der Waals surface area contributed by atoms with Crippen LogP contribution in [0.1, 0.15) is 17.3 Å². The van der Waals surface area contributed by atoms with Crippen LogP contribution in [0.15, 0.2) is 41.5 Å². The topological polar surface area (TPSA) is 127 Å². The van der Waals surface area contributed by atoms with E-state index in [0.29, 0.717) is 33.1 Å². The molecule has 4 N–H and O–H groups in total. The van der Waals surface area contributed by atoms with E-state index in [1.165, 1.54) is 6.20 Å². The molecular weight excluding hydrogens is 334 g/mol. The van der Waals surface area contributed by atoms with E-state index in [-0.39, 0.29) is 18.1 Å². The molecule has 0 spiro atoms. The fourth-order valence-corrected chi connectivity index (χ4v) is 2.99. The number of aromatic nitrogens is 4. The standard InChI is InChI=1S/C18H15N5O3/c1-2-26-17(25)11-8-21-15-14(11)10-7-9(3-4-13(10)22-16(15)24)12-5-6-20-18(19)23-12/h3-8,21H,2H2,1H3,(H,22,24)(H2,19,20,23). The molecule has 0 saturated heterocycles. The molecule has 4 rings (SSSR count). The first kappa shape index (κ1) is 15.8. The summed E-state index contributed by atoms with van der Waals surface area (Å²) in [6.45, 7) is 1.98. The van der Waals surface area contributed by atoms with Crippen LogP contribution in [0.3, 0.4) is 0 Å². The number of nitrogens with one attached hydrogen (secondary N) is 2. The summed E-state index contributed by atoms with van der Waals surface area (Å²) in [5.74, 6) is -0.314. The van der Waals surface area contributed by atoms with Crippen LogP contribution < -0.4 is 11.3 Å². The van der Waals surface area contributed by atoms with Gasteiger partial charge in [-0.3, -0.25) is 4.79 Å². The van der Waals surface area contributed by atoms with Crippen LogP contribution in [0.5, 0.6) is 0 Å². The number of nitrogens with two attached hydrogens (primary N) is 1. The van der Waals surface area contributed by atoms with E-state index < -0.39 is 5.97 Å². The molecule has 0 aliphatic rings. The van der Waals surface area contributed by atoms with Gasteiger partial charge < -0.3 is 20.4 Å². The minimum atomic E-state index is -0.484. The van der Waals surface area contributed by atoms with Crippen LogP contribution >= 0.6 is 0 Å². The normalized spacial score (nSPS) is 11.1. The summed E-state index contributed by atoms with van der Waals surface area (Å²) >= 11 is 0. The Labute approximate surface area is 147 Å². The van der Waals surface area contributed by atoms with Crippen molar-refractivity contribution in [2.75, 3.05) is 12.3 Å². The number of carbonyl (C=O) groups is 1. The fraction of sp³-hybridized carbons (Fsp3) is 0.111. The smallest absolute Gasteiger partial charge is 0.340 e. The molecule has 8 nitrogen and oxygen atoms in total. The minimum absolute atomic E-state index is 0.170. The number of hydrogen-bond acceptors (Lipinski definition) is 6. The van der Waals surface area contributed by atoms with E-state index in [1.807, 2.05) is 12.1 Å². The number of carbonyl (C=O) groups excluding carboxylic acids is 1. The van der Waals surface area contributed by atoms with Crippen LogP contribution in [-0.2, 0) is 4.74 Å². The molecule has 26 heavy (non-hydrogen) atoms. The SMILES string of the molecule is CCOC(=O)c1c[nH]c2c(=O)[nH]c3ccc(-c4ccnc(N)n4)cc3c12. The van der Waals surface area contributed by atoms with Gasteiger partial charge in [0.25, 0.3) is 5.56 Å². The Balaban J connectivity index is 2.03. The molecule has 0 saturated carbocycles. The number of ether oxygens (including phenoxy) is 1. The van der Waals surface area contributed by atoms with E-state index in [2.05, 4.69) is 19.9 Å². The van der Waals surface area contributed by atoms with E-state index in [1.54, 1.807) is 25.3 Å². The summed E-state index contributed by atoms with van der Waals surface area (Å²) < 4.78 is 5.11. The molecule has 0 aliphatic carbocycles. The predicted molar refractivity (Wildman–Crippen MR) is 97.8 cm³/mol. The lowest BCUT2D eigenvalue weighted by Gasteiger charge is -2.06. The number of aromatic amines is 2. The number of hydrogen-bond donors (Lipinski definition) is 3. The highest BCUT2D eigenvalue weighted by Crippen LogP contribution is 2.29. The third kappa shape index (κ3) is 2.48. The Hall–Kier alpha value is -3.68. The maximum Gasteiger partial charge on any atom is 0.340 e. The van der Waals surface area contributed by atoms with Gasteiger partial charge in [0, 0.05) is 34.2 Å². The van der Waals surface area contributed by atoms with Gasteiger partial charge in [-0.25, -0.2) is 14.8 Å². The number of H-pyrrole nitrogens is 2. The molecule has 0 amide bonds. The van der Waals surface area contributed by atoms with Crippen molar-refractivity contribution >= 4 is 33.7 Å². The first-order valence-corrected chi connectivity index (χ1v) is 8.01. The minimum Gasteiger partial charge on any atom is -0.462 e. The summed E-state index contributed by atoms with van der Waals surface area (Å²) in [6, 6.07) is 7.18. The zero-order chi connectivity index (χ0) is 18.3. The molecule has 0 aliphatic heterocycles. The van der Waals surface area contributed by atoms with Crippen molar-refractivity contribution in [1.82, 2.24) is 19.9 Å². The highest BCUT2D eigenvalue weighted by atomic mass is 16.5. The number of nitrogens with zero attached hydrogens (tertiary/aromatic N) is 2. The Bertz CT molecular complexity index is 1210. The molecule has 3 heterocycles. The largest absolute Gasteiger partial charge is 0.462 e. The van der Waals surface area contributed by atoms with E-state index in [4.69, 9.17) is 10.5 Å². The lowest BCUT2D eigenvalue weighted by Crippen LogP contribution is -2.08. The number of nitrogen functional groups attached to an aromatic ring is 1. The molecule has 130 valence electrons. The van der Waals surface area contributed by atoms with Gasteiger partial charge in [-0.1, -0.05) is 6.07 Å². The van der Waals surface area contributed by atoms with Gasteiger partial charge in [-0.05, 0) is 25.1 Å². The third-order valence-electron chi connectivity index (χ3n) is 4.11. The van der Waals surface area contributed by atoms with Crippen molar-refractivity contribution in [3.05, 3.63) is 52.6 Å². The molecule has 0 fully saturated rings. The van der Waals surface area contributed by atoms with E-state index in [9.17, 15) is 9.59 Å². The first-order chi connectivity index (χ1) is 12.6.